The predicted octanol–water partition coefficient (Wildman–Crippen LogP) is 3.93. The Morgan fingerprint density at radius 2 is 2.04 bits per heavy atom. The van der Waals surface area contributed by atoms with Crippen molar-refractivity contribution in [2.75, 3.05) is 12.4 Å². The summed E-state index contributed by atoms with van der Waals surface area (Å²) in [6.45, 7) is 3.80. The van der Waals surface area contributed by atoms with E-state index < -0.39 is 10.8 Å². The van der Waals surface area contributed by atoms with Crippen molar-refractivity contribution >= 4 is 28.3 Å². The number of anilines is 1. The summed E-state index contributed by atoms with van der Waals surface area (Å²) in [5, 5.41) is 15.0. The number of nitrogens with two attached hydrogens (primary N) is 1. The van der Waals surface area contributed by atoms with Crippen LogP contribution in [0.4, 0.5) is 11.4 Å². The lowest BCUT2D eigenvalue weighted by molar-refractivity contribution is -0.384. The molecule has 0 saturated heterocycles. The number of nitrogens with one attached hydrogen (secondary N) is 1. The van der Waals surface area contributed by atoms with E-state index in [0.29, 0.717) is 11.4 Å². The number of primary amides is 1. The average molecular weight is 369 g/mol. The van der Waals surface area contributed by atoms with Gasteiger partial charge < -0.3 is 20.2 Å². The number of hydrogen-bond acceptors (Lipinski definition) is 6. The molecule has 1 atom stereocenters. The minimum Gasteiger partial charge on any atom is -0.497 e. The Labute approximate surface area is 155 Å². The maximum Gasteiger partial charge on any atom is 0.270 e. The van der Waals surface area contributed by atoms with Crippen LogP contribution in [0, 0.1) is 17.0 Å². The zero-order valence-corrected chi connectivity index (χ0v) is 15.1. The maximum atomic E-state index is 11.7. The van der Waals surface area contributed by atoms with Gasteiger partial charge in [0.25, 0.3) is 11.6 Å². The van der Waals surface area contributed by atoms with Crippen molar-refractivity contribution in [1.82, 2.24) is 0 Å². The molecule has 1 unspecified atom stereocenters. The molecule has 8 nitrogen and oxygen atoms in total. The van der Waals surface area contributed by atoms with Crippen molar-refractivity contribution in [3.8, 4) is 5.75 Å². The molecule has 8 heteroatoms. The highest BCUT2D eigenvalue weighted by Gasteiger charge is 2.20. The smallest absolute Gasteiger partial charge is 0.270 e. The van der Waals surface area contributed by atoms with Crippen molar-refractivity contribution in [2.45, 2.75) is 19.9 Å². The zero-order valence-electron chi connectivity index (χ0n) is 15.1. The summed E-state index contributed by atoms with van der Waals surface area (Å²) in [5.41, 5.74) is 7.29. The first-order valence-corrected chi connectivity index (χ1v) is 8.23. The van der Waals surface area contributed by atoms with E-state index in [4.69, 9.17) is 14.9 Å². The van der Waals surface area contributed by atoms with Gasteiger partial charge in [-0.2, -0.15) is 0 Å². The summed E-state index contributed by atoms with van der Waals surface area (Å²) < 4.78 is 11.2. The predicted molar refractivity (Wildman–Crippen MR) is 101 cm³/mol. The molecular formula is C19H19N3O5. The van der Waals surface area contributed by atoms with Crippen LogP contribution in [0.2, 0.25) is 0 Å². The first-order valence-electron chi connectivity index (χ1n) is 8.23. The molecule has 0 aliphatic rings. The minimum absolute atomic E-state index is 0.0477. The van der Waals surface area contributed by atoms with Crippen molar-refractivity contribution in [2.24, 2.45) is 5.73 Å². The molecule has 0 radical (unpaired) electrons. The van der Waals surface area contributed by atoms with E-state index in [0.717, 1.165) is 28.3 Å². The van der Waals surface area contributed by atoms with Crippen LogP contribution < -0.4 is 15.8 Å². The van der Waals surface area contributed by atoms with Crippen LogP contribution in [-0.4, -0.2) is 17.9 Å². The number of nitro benzene ring substituents is 1. The average Bonchev–Trinajstić information content (AvgIpc) is 2.97. The highest BCUT2D eigenvalue weighted by molar-refractivity contribution is 5.99. The van der Waals surface area contributed by atoms with Gasteiger partial charge in [0, 0.05) is 28.8 Å². The fourth-order valence-electron chi connectivity index (χ4n) is 3.03. The minimum atomic E-state index is -0.750. The maximum absolute atomic E-state index is 11.7. The van der Waals surface area contributed by atoms with Gasteiger partial charge in [-0.25, -0.2) is 0 Å². The Morgan fingerprint density at radius 3 is 2.67 bits per heavy atom. The molecule has 0 spiro atoms. The van der Waals surface area contributed by atoms with Crippen molar-refractivity contribution in [3.05, 3.63) is 63.4 Å². The molecule has 0 fully saturated rings. The Balaban J connectivity index is 1.97. The Kier molecular flexibility index (Phi) is 4.72. The van der Waals surface area contributed by atoms with Gasteiger partial charge in [0.1, 0.15) is 17.1 Å². The van der Waals surface area contributed by atoms with Crippen LogP contribution >= 0.6 is 0 Å². The van der Waals surface area contributed by atoms with Gasteiger partial charge in [0.15, 0.2) is 0 Å². The number of carbonyl (C=O) groups is 1. The van der Waals surface area contributed by atoms with Gasteiger partial charge in [-0.1, -0.05) is 0 Å². The molecule has 1 heterocycles. The molecule has 0 aliphatic carbocycles. The number of amides is 1. The van der Waals surface area contributed by atoms with Gasteiger partial charge in [-0.15, -0.1) is 0 Å². The molecule has 140 valence electrons. The van der Waals surface area contributed by atoms with E-state index in [9.17, 15) is 14.9 Å². The third-order valence-corrected chi connectivity index (χ3v) is 4.42. The molecule has 3 rings (SSSR count). The summed E-state index contributed by atoms with van der Waals surface area (Å²) >= 11 is 0. The Bertz CT molecular complexity index is 1040. The summed E-state index contributed by atoms with van der Waals surface area (Å²) in [4.78, 5) is 22.1. The number of carbonyl (C=O) groups excluding carboxylic acids is 1. The van der Waals surface area contributed by atoms with Crippen molar-refractivity contribution in [3.63, 3.8) is 0 Å². The Hall–Kier alpha value is -3.55. The summed E-state index contributed by atoms with van der Waals surface area (Å²) in [6.07, 6.45) is 0. The fourth-order valence-corrected chi connectivity index (χ4v) is 3.03. The van der Waals surface area contributed by atoms with Crippen LogP contribution in [0.15, 0.2) is 40.8 Å². The fraction of sp³-hybridized carbons (Fsp3) is 0.211. The number of furan rings is 1. The van der Waals surface area contributed by atoms with E-state index in [1.165, 1.54) is 12.1 Å². The number of nitrogens with zero attached hydrogens (tertiary/aromatic N) is 1. The normalized spacial score (nSPS) is 12.0. The molecule has 27 heavy (non-hydrogen) atoms. The quantitative estimate of drug-likeness (QED) is 0.502. The lowest BCUT2D eigenvalue weighted by Crippen LogP contribution is -2.16. The monoisotopic (exact) mass is 369 g/mol. The number of methoxy groups -OCH3 is 1. The molecule has 3 N–H and O–H groups in total. The van der Waals surface area contributed by atoms with Crippen LogP contribution in [0.1, 0.15) is 34.6 Å². The summed E-state index contributed by atoms with van der Waals surface area (Å²) in [7, 11) is 1.60. The molecule has 0 bridgehead atoms. The van der Waals surface area contributed by atoms with Crippen LogP contribution in [0.25, 0.3) is 11.0 Å². The number of fused-ring (bicyclic) bond motifs is 1. The second kappa shape index (κ2) is 6.99. The third kappa shape index (κ3) is 3.41. The zero-order chi connectivity index (χ0) is 19.7. The Morgan fingerprint density at radius 1 is 1.30 bits per heavy atom. The lowest BCUT2D eigenvalue weighted by Gasteiger charge is -2.16. The van der Waals surface area contributed by atoms with Gasteiger partial charge >= 0.3 is 0 Å². The SMILES string of the molecule is COc1ccc2oc(C(C)Nc3ccc([N+](=O)[O-])cc3C(N)=O)c(C)c2c1. The highest BCUT2D eigenvalue weighted by atomic mass is 16.6. The van der Waals surface area contributed by atoms with Crippen molar-refractivity contribution < 1.29 is 18.9 Å². The van der Waals surface area contributed by atoms with Gasteiger partial charge in [-0.3, -0.25) is 14.9 Å². The summed E-state index contributed by atoms with van der Waals surface area (Å²) in [5.74, 6) is 0.663. The number of rotatable bonds is 6. The second-order valence-electron chi connectivity index (χ2n) is 6.17. The topological polar surface area (TPSA) is 121 Å². The second-order valence-corrected chi connectivity index (χ2v) is 6.17. The molecular weight excluding hydrogens is 350 g/mol. The number of nitro groups is 1. The molecule has 3 aromatic rings. The van der Waals surface area contributed by atoms with Crippen LogP contribution in [0.5, 0.6) is 5.75 Å². The largest absolute Gasteiger partial charge is 0.497 e. The standard InChI is InChI=1S/C19H19N3O5/c1-10-14-9-13(26-3)5-7-17(14)27-18(10)11(2)21-16-6-4-12(22(24)25)8-15(16)19(20)23/h4-9,11,21H,1-3H3,(H2,20,23). The van der Waals surface area contributed by atoms with Gasteiger partial charge in [0.05, 0.1) is 23.6 Å². The number of non-ortho nitro benzene ring substituents is 1. The molecule has 0 saturated carbocycles. The van der Waals surface area contributed by atoms with Gasteiger partial charge in [-0.05, 0) is 38.1 Å². The molecule has 1 aromatic heterocycles. The molecule has 1 amide bonds. The van der Waals surface area contributed by atoms with E-state index in [1.807, 2.05) is 32.0 Å². The number of benzene rings is 2. The van der Waals surface area contributed by atoms with E-state index in [-0.39, 0.29) is 17.3 Å². The number of aryl methyl sites for hydroxylation is 1. The third-order valence-electron chi connectivity index (χ3n) is 4.42. The lowest BCUT2D eigenvalue weighted by atomic mass is 10.1. The first kappa shape index (κ1) is 18.2. The van der Waals surface area contributed by atoms with E-state index in [2.05, 4.69) is 5.32 Å². The van der Waals surface area contributed by atoms with Crippen LogP contribution in [0.3, 0.4) is 0 Å². The first-order chi connectivity index (χ1) is 12.8. The number of hydrogen-bond donors (Lipinski definition) is 2. The number of ether oxygens (including phenoxy) is 1. The molecule has 2 aromatic carbocycles. The van der Waals surface area contributed by atoms with Crippen molar-refractivity contribution in [1.29, 1.82) is 0 Å². The molecule has 0 aliphatic heterocycles. The van der Waals surface area contributed by atoms with Gasteiger partial charge in [0.2, 0.25) is 0 Å². The van der Waals surface area contributed by atoms with E-state index in [1.54, 1.807) is 7.11 Å². The highest BCUT2D eigenvalue weighted by Crippen LogP contribution is 2.34. The van der Waals surface area contributed by atoms with Crippen LogP contribution in [-0.2, 0) is 0 Å². The van der Waals surface area contributed by atoms with E-state index >= 15 is 0 Å². The summed E-state index contributed by atoms with van der Waals surface area (Å²) in [6, 6.07) is 9.18.